The molecule has 1 aromatic heterocycles. The van der Waals surface area contributed by atoms with E-state index >= 15 is 0 Å². The molecule has 0 bridgehead atoms. The van der Waals surface area contributed by atoms with E-state index in [9.17, 15) is 18.7 Å². The van der Waals surface area contributed by atoms with Crippen molar-refractivity contribution >= 4 is 17.6 Å². The number of aromatic nitrogens is 2. The van der Waals surface area contributed by atoms with Crippen LogP contribution in [0, 0.1) is 11.6 Å². The summed E-state index contributed by atoms with van der Waals surface area (Å²) >= 11 is 5.88. The Morgan fingerprint density at radius 3 is 2.77 bits per heavy atom. The van der Waals surface area contributed by atoms with Crippen molar-refractivity contribution < 1.29 is 18.7 Å². The molecule has 0 atom stereocenters. The first kappa shape index (κ1) is 16.4. The average Bonchev–Trinajstić information content (AvgIpc) is 2.76. The number of hydrogen-bond acceptors (Lipinski definition) is 2. The first-order chi connectivity index (χ1) is 10.4. The summed E-state index contributed by atoms with van der Waals surface area (Å²) < 4.78 is 28.4. The lowest BCUT2D eigenvalue weighted by molar-refractivity contribution is 0.0685. The van der Waals surface area contributed by atoms with Gasteiger partial charge in [-0.25, -0.2) is 18.6 Å². The van der Waals surface area contributed by atoms with Gasteiger partial charge in [-0.05, 0) is 24.6 Å². The van der Waals surface area contributed by atoms with Gasteiger partial charge < -0.3 is 9.67 Å². The van der Waals surface area contributed by atoms with E-state index in [-0.39, 0.29) is 23.0 Å². The fraction of sp³-hybridized carbons (Fsp3) is 0.333. The molecule has 0 saturated carbocycles. The van der Waals surface area contributed by atoms with Crippen LogP contribution >= 0.6 is 11.6 Å². The average molecular weight is 329 g/mol. The molecule has 7 heteroatoms. The van der Waals surface area contributed by atoms with Gasteiger partial charge in [-0.3, -0.25) is 0 Å². The Morgan fingerprint density at radius 1 is 1.41 bits per heavy atom. The quantitative estimate of drug-likeness (QED) is 0.874. The van der Waals surface area contributed by atoms with Gasteiger partial charge in [0, 0.05) is 12.0 Å². The fourth-order valence-corrected chi connectivity index (χ4v) is 2.48. The minimum atomic E-state index is -1.25. The topological polar surface area (TPSA) is 55.1 Å². The van der Waals surface area contributed by atoms with Crippen molar-refractivity contribution in [3.63, 3.8) is 0 Å². The summed E-state index contributed by atoms with van der Waals surface area (Å²) in [4.78, 5) is 15.4. The van der Waals surface area contributed by atoms with Gasteiger partial charge in [-0.2, -0.15) is 0 Å². The molecule has 1 aromatic carbocycles. The van der Waals surface area contributed by atoms with Crippen LogP contribution in [0.15, 0.2) is 18.2 Å². The van der Waals surface area contributed by atoms with E-state index in [0.29, 0.717) is 12.2 Å². The van der Waals surface area contributed by atoms with Crippen LogP contribution in [-0.4, -0.2) is 20.6 Å². The van der Waals surface area contributed by atoms with Gasteiger partial charge in [0.15, 0.2) is 10.8 Å². The maximum atomic E-state index is 13.8. The van der Waals surface area contributed by atoms with Crippen LogP contribution in [0.3, 0.4) is 0 Å². The Morgan fingerprint density at radius 2 is 2.14 bits per heavy atom. The molecule has 0 fully saturated rings. The van der Waals surface area contributed by atoms with Gasteiger partial charge in [0.25, 0.3) is 0 Å². The zero-order valence-corrected chi connectivity index (χ0v) is 12.7. The fourth-order valence-electron chi connectivity index (χ4n) is 2.20. The van der Waals surface area contributed by atoms with Crippen molar-refractivity contribution in [3.8, 4) is 0 Å². The Balaban J connectivity index is 2.47. The van der Waals surface area contributed by atoms with Crippen LogP contribution in [-0.2, 0) is 13.0 Å². The van der Waals surface area contributed by atoms with Crippen molar-refractivity contribution in [3.05, 3.63) is 52.1 Å². The van der Waals surface area contributed by atoms with Gasteiger partial charge >= 0.3 is 5.97 Å². The second kappa shape index (κ2) is 6.87. The highest BCUT2D eigenvalue weighted by Crippen LogP contribution is 2.22. The molecule has 118 valence electrons. The molecule has 0 radical (unpaired) electrons. The minimum absolute atomic E-state index is 0.0503. The van der Waals surface area contributed by atoms with E-state index in [4.69, 9.17) is 11.6 Å². The van der Waals surface area contributed by atoms with E-state index in [1.54, 1.807) is 0 Å². The zero-order valence-electron chi connectivity index (χ0n) is 11.9. The molecule has 0 aliphatic heterocycles. The van der Waals surface area contributed by atoms with Crippen molar-refractivity contribution in [2.24, 2.45) is 0 Å². The molecule has 4 nitrogen and oxygen atoms in total. The van der Waals surface area contributed by atoms with E-state index < -0.39 is 17.6 Å². The number of nitrogens with zero attached hydrogens (tertiary/aromatic N) is 2. The summed E-state index contributed by atoms with van der Waals surface area (Å²) in [6, 6.07) is 3.06. The molecule has 22 heavy (non-hydrogen) atoms. The maximum Gasteiger partial charge on any atom is 0.355 e. The van der Waals surface area contributed by atoms with Crippen molar-refractivity contribution in [1.82, 2.24) is 9.55 Å². The molecule has 1 heterocycles. The van der Waals surface area contributed by atoms with Crippen LogP contribution in [0.5, 0.6) is 0 Å². The molecular formula is C15H15ClF2N2O2. The molecule has 2 rings (SSSR count). The standard InChI is InChI=1S/C15H15ClF2N2O2/c1-2-3-4-12-19-14(16)13(15(21)22)20(12)8-9-7-10(17)5-6-11(9)18/h5-7H,2-4,8H2,1H3,(H,21,22). The third-order valence-electron chi connectivity index (χ3n) is 3.30. The Bertz CT molecular complexity index is 701. The van der Waals surface area contributed by atoms with Gasteiger partial charge in [-0.1, -0.05) is 24.9 Å². The second-order valence-electron chi connectivity index (χ2n) is 4.90. The van der Waals surface area contributed by atoms with E-state index in [2.05, 4.69) is 4.98 Å². The number of unbranched alkanes of at least 4 members (excludes halogenated alkanes) is 1. The summed E-state index contributed by atoms with van der Waals surface area (Å²) in [6.45, 7) is 1.85. The Kier molecular flexibility index (Phi) is 5.13. The highest BCUT2D eigenvalue weighted by Gasteiger charge is 2.22. The first-order valence-electron chi connectivity index (χ1n) is 6.86. The van der Waals surface area contributed by atoms with Crippen molar-refractivity contribution in [2.45, 2.75) is 32.7 Å². The van der Waals surface area contributed by atoms with E-state index in [1.807, 2.05) is 6.92 Å². The number of halogens is 3. The molecule has 0 spiro atoms. The molecule has 0 unspecified atom stereocenters. The number of aryl methyl sites for hydroxylation is 1. The van der Waals surface area contributed by atoms with Gasteiger partial charge in [0.05, 0.1) is 6.54 Å². The second-order valence-corrected chi connectivity index (χ2v) is 5.26. The predicted octanol–water partition coefficient (Wildman–Crippen LogP) is 3.90. The van der Waals surface area contributed by atoms with Crippen LogP contribution in [0.1, 0.15) is 41.6 Å². The first-order valence-corrected chi connectivity index (χ1v) is 7.24. The molecule has 0 aliphatic rings. The van der Waals surface area contributed by atoms with Gasteiger partial charge in [-0.15, -0.1) is 0 Å². The molecular weight excluding hydrogens is 314 g/mol. The van der Waals surface area contributed by atoms with E-state index in [0.717, 1.165) is 31.0 Å². The van der Waals surface area contributed by atoms with Crippen LogP contribution in [0.25, 0.3) is 0 Å². The van der Waals surface area contributed by atoms with Gasteiger partial charge in [0.1, 0.15) is 17.5 Å². The highest BCUT2D eigenvalue weighted by atomic mass is 35.5. The Labute approximate surface area is 131 Å². The van der Waals surface area contributed by atoms with Crippen molar-refractivity contribution in [2.75, 3.05) is 0 Å². The predicted molar refractivity (Wildman–Crippen MR) is 78.3 cm³/mol. The zero-order chi connectivity index (χ0) is 16.3. The molecule has 0 amide bonds. The number of rotatable bonds is 6. The number of imidazole rings is 1. The number of carboxylic acid groups (broad SMARTS) is 1. The lowest BCUT2D eigenvalue weighted by Gasteiger charge is -2.11. The summed E-state index contributed by atoms with van der Waals surface area (Å²) in [5.41, 5.74) is -0.161. The SMILES string of the molecule is CCCCc1nc(Cl)c(C(=O)O)n1Cc1cc(F)ccc1F. The third-order valence-corrected chi connectivity index (χ3v) is 3.56. The van der Waals surface area contributed by atoms with Crippen LogP contribution < -0.4 is 0 Å². The summed E-state index contributed by atoms with van der Waals surface area (Å²) in [7, 11) is 0. The lowest BCUT2D eigenvalue weighted by atomic mass is 10.2. The summed E-state index contributed by atoms with van der Waals surface area (Å²) in [5.74, 6) is -2.00. The van der Waals surface area contributed by atoms with Crippen molar-refractivity contribution in [1.29, 1.82) is 0 Å². The third kappa shape index (κ3) is 3.44. The molecule has 1 N–H and O–H groups in total. The highest BCUT2D eigenvalue weighted by molar-refractivity contribution is 6.32. The van der Waals surface area contributed by atoms with Gasteiger partial charge in [0.2, 0.25) is 0 Å². The molecule has 2 aromatic rings. The number of benzene rings is 1. The summed E-state index contributed by atoms with van der Waals surface area (Å²) in [6.07, 6.45) is 2.19. The number of aromatic carboxylic acids is 1. The molecule has 0 saturated heterocycles. The maximum absolute atomic E-state index is 13.8. The van der Waals surface area contributed by atoms with Crippen LogP contribution in [0.4, 0.5) is 8.78 Å². The Hall–Kier alpha value is -1.95. The van der Waals surface area contributed by atoms with E-state index in [1.165, 1.54) is 4.57 Å². The lowest BCUT2D eigenvalue weighted by Crippen LogP contribution is -2.14. The normalized spacial score (nSPS) is 10.9. The number of carbonyl (C=O) groups is 1. The monoisotopic (exact) mass is 328 g/mol. The summed E-state index contributed by atoms with van der Waals surface area (Å²) in [5, 5.41) is 9.13. The smallest absolute Gasteiger partial charge is 0.355 e. The van der Waals surface area contributed by atoms with Crippen LogP contribution in [0.2, 0.25) is 5.15 Å². The molecule has 0 aliphatic carbocycles. The minimum Gasteiger partial charge on any atom is -0.476 e. The largest absolute Gasteiger partial charge is 0.476 e. The number of carboxylic acids is 1. The number of hydrogen-bond donors (Lipinski definition) is 1.